The largest absolute Gasteiger partial charge is 0.506 e. The third-order valence-corrected chi connectivity index (χ3v) is 1.73. The standard InChI is InChI=1S/C11H19NO4.C2H4O2.W/c1-12(7-3-5-9-15-2)8-4-6-10-16-11(13)14;1-2(3)4;/h3-6H,7-10H2,1-2H3,(H,13,14);1H3,(H,3,4);. The summed E-state index contributed by atoms with van der Waals surface area (Å²) < 4.78 is 9.19. The van der Waals surface area contributed by atoms with Gasteiger partial charge in [0.2, 0.25) is 0 Å². The topological polar surface area (TPSA) is 96.3 Å². The number of carbonyl (C=O) groups is 2. The van der Waals surface area contributed by atoms with Gasteiger partial charge in [0.1, 0.15) is 6.61 Å². The molecule has 7 nitrogen and oxygen atoms in total. The van der Waals surface area contributed by atoms with E-state index in [1.54, 1.807) is 13.2 Å². The molecule has 2 N–H and O–H groups in total. The molecule has 0 aliphatic heterocycles. The summed E-state index contributed by atoms with van der Waals surface area (Å²) in [6, 6.07) is 0. The van der Waals surface area contributed by atoms with E-state index < -0.39 is 12.1 Å². The summed E-state index contributed by atoms with van der Waals surface area (Å²) >= 11 is 0. The fourth-order valence-corrected chi connectivity index (χ4v) is 0.935. The van der Waals surface area contributed by atoms with Crippen molar-refractivity contribution < 1.29 is 50.3 Å². The predicted octanol–water partition coefficient (Wildman–Crippen LogP) is 1.46. The quantitative estimate of drug-likeness (QED) is 0.407. The van der Waals surface area contributed by atoms with Gasteiger partial charge in [-0.25, -0.2) is 4.79 Å². The van der Waals surface area contributed by atoms with Gasteiger partial charge in [0.05, 0.1) is 6.61 Å². The van der Waals surface area contributed by atoms with E-state index in [4.69, 9.17) is 19.7 Å². The van der Waals surface area contributed by atoms with Gasteiger partial charge in [-0.1, -0.05) is 18.2 Å². The van der Waals surface area contributed by atoms with Crippen LogP contribution in [-0.2, 0) is 35.3 Å². The zero-order valence-electron chi connectivity index (χ0n) is 12.5. The Hall–Kier alpha value is -1.17. The van der Waals surface area contributed by atoms with Crippen molar-refractivity contribution in [3.05, 3.63) is 24.3 Å². The number of nitrogens with zero attached hydrogens (tertiary/aromatic N) is 1. The molecule has 0 heterocycles. The van der Waals surface area contributed by atoms with Crippen molar-refractivity contribution in [3.8, 4) is 0 Å². The molecule has 0 bridgehead atoms. The second kappa shape index (κ2) is 18.8. The molecular weight excluding hydrogens is 450 g/mol. The average Bonchev–Trinajstić information content (AvgIpc) is 2.33. The van der Waals surface area contributed by atoms with Gasteiger partial charge < -0.3 is 19.7 Å². The van der Waals surface area contributed by atoms with Crippen LogP contribution in [0.1, 0.15) is 6.92 Å². The van der Waals surface area contributed by atoms with Crippen molar-refractivity contribution in [2.45, 2.75) is 6.92 Å². The van der Waals surface area contributed by atoms with E-state index in [9.17, 15) is 4.79 Å². The number of aliphatic carboxylic acids is 1. The van der Waals surface area contributed by atoms with Gasteiger partial charge in [-0.2, -0.15) is 0 Å². The second-order valence-electron chi connectivity index (χ2n) is 3.72. The molecule has 0 spiro atoms. The number of methoxy groups -OCH3 is 1. The maximum Gasteiger partial charge on any atom is 0.506 e. The number of carboxylic acid groups (broad SMARTS) is 2. The first-order valence-electron chi connectivity index (χ1n) is 5.92. The van der Waals surface area contributed by atoms with Gasteiger partial charge >= 0.3 is 6.16 Å². The molecule has 0 rings (SSSR count). The van der Waals surface area contributed by atoms with Crippen LogP contribution in [0.3, 0.4) is 0 Å². The zero-order valence-corrected chi connectivity index (χ0v) is 15.5. The first kappa shape index (κ1) is 24.8. The molecule has 0 unspecified atom stereocenters. The van der Waals surface area contributed by atoms with Crippen molar-refractivity contribution in [2.75, 3.05) is 40.5 Å². The SMILES string of the molecule is CC(=O)O.COCC=CCN(C)CC=CCOC(=O)O.[W]. The Morgan fingerprint density at radius 2 is 1.48 bits per heavy atom. The molecule has 0 amide bonds. The van der Waals surface area contributed by atoms with Crippen LogP contribution in [0.15, 0.2) is 24.3 Å². The molecule has 0 saturated carbocycles. The van der Waals surface area contributed by atoms with E-state index in [2.05, 4.69) is 9.64 Å². The smallest absolute Gasteiger partial charge is 0.481 e. The minimum atomic E-state index is -1.25. The summed E-state index contributed by atoms with van der Waals surface area (Å²) in [5.74, 6) is -0.833. The molecule has 0 saturated heterocycles. The van der Waals surface area contributed by atoms with E-state index in [1.165, 1.54) is 0 Å². The van der Waals surface area contributed by atoms with Crippen molar-refractivity contribution in [1.82, 2.24) is 4.90 Å². The van der Waals surface area contributed by atoms with Gasteiger partial charge in [-0.15, -0.1) is 0 Å². The molecule has 122 valence electrons. The maximum absolute atomic E-state index is 10.0. The van der Waals surface area contributed by atoms with Crippen LogP contribution in [0.25, 0.3) is 0 Å². The van der Waals surface area contributed by atoms with E-state index in [0.29, 0.717) is 6.61 Å². The van der Waals surface area contributed by atoms with Crippen LogP contribution >= 0.6 is 0 Å². The van der Waals surface area contributed by atoms with Gasteiger partial charge in [-0.05, 0) is 13.1 Å². The molecular formula is C13H23NO6W. The van der Waals surface area contributed by atoms with Gasteiger partial charge in [0, 0.05) is 48.2 Å². The summed E-state index contributed by atoms with van der Waals surface area (Å²) in [6.07, 6.45) is 6.27. The van der Waals surface area contributed by atoms with E-state index in [-0.39, 0.29) is 27.7 Å². The average molecular weight is 473 g/mol. The molecule has 0 aromatic rings. The van der Waals surface area contributed by atoms with Crippen molar-refractivity contribution in [2.24, 2.45) is 0 Å². The first-order chi connectivity index (χ1) is 9.40. The number of likely N-dealkylation sites (N-methyl/N-ethyl adjacent to an activating group) is 1. The number of rotatable bonds is 8. The van der Waals surface area contributed by atoms with Crippen molar-refractivity contribution >= 4 is 12.1 Å². The van der Waals surface area contributed by atoms with Gasteiger partial charge in [0.25, 0.3) is 5.97 Å². The van der Waals surface area contributed by atoms with E-state index >= 15 is 0 Å². The monoisotopic (exact) mass is 473 g/mol. The molecule has 0 aliphatic carbocycles. The number of ether oxygens (including phenoxy) is 2. The van der Waals surface area contributed by atoms with Crippen LogP contribution in [0.5, 0.6) is 0 Å². The Morgan fingerprint density at radius 3 is 1.86 bits per heavy atom. The third kappa shape index (κ3) is 32.4. The molecule has 0 aromatic carbocycles. The molecule has 21 heavy (non-hydrogen) atoms. The van der Waals surface area contributed by atoms with E-state index in [0.717, 1.165) is 20.0 Å². The first-order valence-corrected chi connectivity index (χ1v) is 5.92. The second-order valence-corrected chi connectivity index (χ2v) is 3.72. The van der Waals surface area contributed by atoms with Gasteiger partial charge in [0.15, 0.2) is 0 Å². The third-order valence-electron chi connectivity index (χ3n) is 1.73. The fraction of sp³-hybridized carbons (Fsp3) is 0.538. The maximum atomic E-state index is 10.0. The van der Waals surface area contributed by atoms with Crippen LogP contribution in [-0.4, -0.2) is 67.7 Å². The zero-order chi connectivity index (χ0) is 15.8. The summed E-state index contributed by atoms with van der Waals surface area (Å²) in [6.45, 7) is 3.38. The Balaban J connectivity index is -0.000000572. The van der Waals surface area contributed by atoms with Crippen LogP contribution in [0.2, 0.25) is 0 Å². The molecule has 0 aromatic heterocycles. The van der Waals surface area contributed by atoms with Crippen LogP contribution < -0.4 is 0 Å². The number of carboxylic acids is 1. The summed E-state index contributed by atoms with van der Waals surface area (Å²) in [7, 11) is 3.62. The van der Waals surface area contributed by atoms with Gasteiger partial charge in [-0.3, -0.25) is 9.69 Å². The molecule has 0 fully saturated rings. The van der Waals surface area contributed by atoms with Crippen molar-refractivity contribution in [1.29, 1.82) is 0 Å². The molecule has 0 aliphatic rings. The Labute approximate surface area is 139 Å². The summed E-state index contributed by atoms with van der Waals surface area (Å²) in [5.41, 5.74) is 0. The minimum Gasteiger partial charge on any atom is -0.481 e. The molecule has 0 radical (unpaired) electrons. The Kier molecular flexibility index (Phi) is 22.3. The predicted molar refractivity (Wildman–Crippen MR) is 74.9 cm³/mol. The van der Waals surface area contributed by atoms with Crippen LogP contribution in [0.4, 0.5) is 4.79 Å². The Bertz CT molecular complexity index is 316. The number of hydrogen-bond acceptors (Lipinski definition) is 5. The van der Waals surface area contributed by atoms with Crippen LogP contribution in [0, 0.1) is 0 Å². The Morgan fingerprint density at radius 1 is 1.05 bits per heavy atom. The fourth-order valence-electron chi connectivity index (χ4n) is 0.935. The minimum absolute atomic E-state index is 0. The normalized spacial score (nSPS) is 10.1. The summed E-state index contributed by atoms with van der Waals surface area (Å²) in [5, 5.41) is 15.6. The van der Waals surface area contributed by atoms with E-state index in [1.807, 2.05) is 25.3 Å². The number of hydrogen-bond donors (Lipinski definition) is 2. The summed E-state index contributed by atoms with van der Waals surface area (Å²) in [4.78, 5) is 21.1. The molecule has 8 heteroatoms. The van der Waals surface area contributed by atoms with Crippen molar-refractivity contribution in [3.63, 3.8) is 0 Å². The molecule has 0 atom stereocenters.